The molecule has 1 amide bonds. The molecule has 2 aromatic carbocycles. The highest BCUT2D eigenvalue weighted by Crippen LogP contribution is 2.39. The molecule has 0 fully saturated rings. The number of rotatable bonds is 6. The van der Waals surface area contributed by atoms with Gasteiger partial charge in [-0.3, -0.25) is 4.79 Å². The fourth-order valence-corrected chi connectivity index (χ4v) is 3.57. The Morgan fingerprint density at radius 2 is 1.72 bits per heavy atom. The van der Waals surface area contributed by atoms with Gasteiger partial charge in [0.05, 0.1) is 14.2 Å². The van der Waals surface area contributed by atoms with Gasteiger partial charge in [0, 0.05) is 17.1 Å². The molecule has 3 rings (SSSR count). The monoisotopic (exact) mass is 357 g/mol. The molecule has 1 N–H and O–H groups in total. The predicted molar refractivity (Wildman–Crippen MR) is 99.1 cm³/mol. The zero-order valence-corrected chi connectivity index (χ0v) is 15.1. The Hall–Kier alpha value is -2.73. The summed E-state index contributed by atoms with van der Waals surface area (Å²) < 4.78 is 17.3. The number of carbonyl (C=O) groups excluding carboxylic acids is 1. The van der Waals surface area contributed by atoms with E-state index in [2.05, 4.69) is 5.32 Å². The first kappa shape index (κ1) is 17.1. The number of methoxy groups -OCH3 is 2. The molecule has 0 saturated carbocycles. The third-order valence-corrected chi connectivity index (χ3v) is 4.91. The Balaban J connectivity index is 1.91. The molecular weight excluding hydrogens is 338 g/mol. The van der Waals surface area contributed by atoms with Crippen LogP contribution in [0, 0.1) is 0 Å². The molecule has 25 heavy (non-hydrogen) atoms. The van der Waals surface area contributed by atoms with E-state index in [9.17, 15) is 4.79 Å². The lowest BCUT2D eigenvalue weighted by molar-refractivity contribution is 0.0961. The maximum absolute atomic E-state index is 12.3. The summed E-state index contributed by atoms with van der Waals surface area (Å²) >= 11 is 1.44. The Labute approximate surface area is 150 Å². The fraction of sp³-hybridized carbons (Fsp3) is 0.211. The third-order valence-electron chi connectivity index (χ3n) is 3.85. The Morgan fingerprint density at radius 3 is 2.36 bits per heavy atom. The first-order valence-electron chi connectivity index (χ1n) is 7.74. The lowest BCUT2D eigenvalue weighted by Gasteiger charge is -2.07. The molecule has 0 saturated heterocycles. The number of benzene rings is 2. The first-order valence-corrected chi connectivity index (χ1v) is 8.56. The molecule has 0 bridgehead atoms. The van der Waals surface area contributed by atoms with E-state index in [4.69, 9.17) is 14.2 Å². The van der Waals surface area contributed by atoms with Crippen LogP contribution in [-0.4, -0.2) is 27.2 Å². The van der Waals surface area contributed by atoms with E-state index in [1.165, 1.54) is 11.3 Å². The summed E-state index contributed by atoms with van der Waals surface area (Å²) in [4.78, 5) is 12.3. The van der Waals surface area contributed by atoms with Crippen LogP contribution in [0.4, 0.5) is 0 Å². The predicted octanol–water partition coefficient (Wildman–Crippen LogP) is 3.86. The van der Waals surface area contributed by atoms with Crippen molar-refractivity contribution in [2.45, 2.75) is 6.61 Å². The van der Waals surface area contributed by atoms with Gasteiger partial charge in [-0.2, -0.15) is 0 Å². The summed E-state index contributed by atoms with van der Waals surface area (Å²) in [5.74, 6) is 1.38. The van der Waals surface area contributed by atoms with Crippen molar-refractivity contribution in [2.24, 2.45) is 0 Å². The van der Waals surface area contributed by atoms with Crippen LogP contribution < -0.4 is 19.5 Å². The van der Waals surface area contributed by atoms with E-state index in [1.807, 2.05) is 42.5 Å². The van der Waals surface area contributed by atoms with Gasteiger partial charge in [0.2, 0.25) is 0 Å². The Morgan fingerprint density at radius 1 is 1.04 bits per heavy atom. The zero-order chi connectivity index (χ0) is 17.8. The van der Waals surface area contributed by atoms with Crippen molar-refractivity contribution >= 4 is 27.3 Å². The number of ether oxygens (including phenoxy) is 3. The first-order chi connectivity index (χ1) is 12.2. The summed E-state index contributed by atoms with van der Waals surface area (Å²) in [6.45, 7) is 0.373. The van der Waals surface area contributed by atoms with Crippen LogP contribution in [0.3, 0.4) is 0 Å². The second kappa shape index (κ2) is 7.44. The van der Waals surface area contributed by atoms with E-state index < -0.39 is 0 Å². The summed E-state index contributed by atoms with van der Waals surface area (Å²) in [6.07, 6.45) is 0. The minimum Gasteiger partial charge on any atom is -0.497 e. The van der Waals surface area contributed by atoms with Gasteiger partial charge in [0.25, 0.3) is 5.91 Å². The van der Waals surface area contributed by atoms with Gasteiger partial charge < -0.3 is 19.5 Å². The normalized spacial score (nSPS) is 10.5. The van der Waals surface area contributed by atoms with Crippen molar-refractivity contribution in [3.63, 3.8) is 0 Å². The quantitative estimate of drug-likeness (QED) is 0.728. The van der Waals surface area contributed by atoms with Gasteiger partial charge in [0.15, 0.2) is 5.06 Å². The summed E-state index contributed by atoms with van der Waals surface area (Å²) in [5.41, 5.74) is 1.55. The minimum absolute atomic E-state index is 0.166. The smallest absolute Gasteiger partial charge is 0.256 e. The number of amides is 1. The summed E-state index contributed by atoms with van der Waals surface area (Å²) in [7, 11) is 4.87. The van der Waals surface area contributed by atoms with Crippen LogP contribution in [0.15, 0.2) is 42.5 Å². The molecule has 0 radical (unpaired) electrons. The number of hydrogen-bond donors (Lipinski definition) is 1. The van der Waals surface area contributed by atoms with Gasteiger partial charge in [-0.1, -0.05) is 23.5 Å². The molecule has 6 heteroatoms. The largest absolute Gasteiger partial charge is 0.497 e. The molecule has 1 aromatic heterocycles. The zero-order valence-electron chi connectivity index (χ0n) is 14.3. The molecule has 0 atom stereocenters. The van der Waals surface area contributed by atoms with Gasteiger partial charge in [-0.15, -0.1) is 0 Å². The average Bonchev–Trinajstić information content (AvgIpc) is 3.03. The maximum atomic E-state index is 12.3. The molecule has 1 heterocycles. The second-order valence-corrected chi connectivity index (χ2v) is 6.36. The average molecular weight is 357 g/mol. The van der Waals surface area contributed by atoms with E-state index in [0.717, 1.165) is 27.1 Å². The molecule has 0 spiro atoms. The third kappa shape index (κ3) is 3.53. The lowest BCUT2D eigenvalue weighted by atomic mass is 10.1. The molecule has 0 aliphatic rings. The van der Waals surface area contributed by atoms with E-state index >= 15 is 0 Å². The molecule has 0 unspecified atom stereocenters. The fourth-order valence-electron chi connectivity index (χ4n) is 2.49. The van der Waals surface area contributed by atoms with Crippen molar-refractivity contribution in [3.8, 4) is 16.6 Å². The molecule has 130 valence electrons. The standard InChI is InChI=1S/C19H19NO4S/c1-20-18(21)17-15-9-8-14(23-3)10-16(15)25-19(17)24-11-12-4-6-13(22-2)7-5-12/h4-10H,11H2,1-3H3,(H,20,21). The number of fused-ring (bicyclic) bond motifs is 1. The van der Waals surface area contributed by atoms with Crippen LogP contribution in [0.25, 0.3) is 10.1 Å². The number of thiophene rings is 1. The Bertz CT molecular complexity index is 886. The van der Waals surface area contributed by atoms with Crippen LogP contribution in [-0.2, 0) is 6.61 Å². The second-order valence-electron chi connectivity index (χ2n) is 5.34. The van der Waals surface area contributed by atoms with Crippen LogP contribution in [0.2, 0.25) is 0 Å². The van der Waals surface area contributed by atoms with Crippen molar-refractivity contribution in [2.75, 3.05) is 21.3 Å². The highest BCUT2D eigenvalue weighted by Gasteiger charge is 2.20. The van der Waals surface area contributed by atoms with Crippen molar-refractivity contribution in [1.29, 1.82) is 0 Å². The maximum Gasteiger partial charge on any atom is 0.256 e. The highest BCUT2D eigenvalue weighted by atomic mass is 32.1. The number of nitrogens with one attached hydrogen (secondary N) is 1. The number of hydrogen-bond acceptors (Lipinski definition) is 5. The summed E-state index contributed by atoms with van der Waals surface area (Å²) in [5, 5.41) is 4.13. The van der Waals surface area contributed by atoms with Crippen LogP contribution in [0.5, 0.6) is 16.6 Å². The van der Waals surface area contributed by atoms with Crippen molar-refractivity contribution < 1.29 is 19.0 Å². The van der Waals surface area contributed by atoms with Crippen LogP contribution in [0.1, 0.15) is 15.9 Å². The molecule has 0 aliphatic heterocycles. The molecule has 5 nitrogen and oxygen atoms in total. The van der Waals surface area contributed by atoms with Crippen LogP contribution >= 0.6 is 11.3 Å². The minimum atomic E-state index is -0.166. The number of carbonyl (C=O) groups is 1. The van der Waals surface area contributed by atoms with Crippen molar-refractivity contribution in [1.82, 2.24) is 5.32 Å². The topological polar surface area (TPSA) is 56.8 Å². The lowest BCUT2D eigenvalue weighted by Crippen LogP contribution is -2.18. The van der Waals surface area contributed by atoms with Gasteiger partial charge >= 0.3 is 0 Å². The van der Waals surface area contributed by atoms with Gasteiger partial charge in [0.1, 0.15) is 23.7 Å². The van der Waals surface area contributed by atoms with E-state index in [-0.39, 0.29) is 5.91 Å². The van der Waals surface area contributed by atoms with Gasteiger partial charge in [-0.25, -0.2) is 0 Å². The van der Waals surface area contributed by atoms with Gasteiger partial charge in [-0.05, 0) is 35.9 Å². The van der Waals surface area contributed by atoms with E-state index in [0.29, 0.717) is 17.2 Å². The Kier molecular flexibility index (Phi) is 5.09. The SMILES string of the molecule is CNC(=O)c1c(OCc2ccc(OC)cc2)sc2cc(OC)ccc12. The van der Waals surface area contributed by atoms with Crippen molar-refractivity contribution in [3.05, 3.63) is 53.6 Å². The summed E-state index contributed by atoms with van der Waals surface area (Å²) in [6, 6.07) is 13.3. The van der Waals surface area contributed by atoms with E-state index in [1.54, 1.807) is 21.3 Å². The highest BCUT2D eigenvalue weighted by molar-refractivity contribution is 7.21. The molecule has 3 aromatic rings. The molecular formula is C19H19NO4S. The molecule has 0 aliphatic carbocycles.